The third-order valence-electron chi connectivity index (χ3n) is 17.5. The number of nitrogens with zero attached hydrogens (tertiary/aromatic N) is 7. The zero-order valence-corrected chi connectivity index (χ0v) is 54.5. The van der Waals surface area contributed by atoms with Crippen molar-refractivity contribution in [3.05, 3.63) is 44.6 Å². The first-order chi connectivity index (χ1) is 42.5. The number of cyclic esters (lactones) is 2. The normalized spacial score (nSPS) is 26.9. The van der Waals surface area contributed by atoms with Gasteiger partial charge in [-0.1, -0.05) is 61.5 Å². The standard InChI is InChI=1S/C62H86N12O17/c1-26(2)42-59(85)73-21-17-18-36(73)57(83)69(13)24-38(76)71(15)49(29(7)8)62(88)90-33(12)45(56(82)65-42)68-54(80)40-41(63)50(78)31(10)52-47(40)64-46-35(20-19-30(9)51(46)91-52)53(79)67-44-32(11)89-61(87)48(28(5)6)72(16)39(77)25-70(14)58(84)37-22-34(75)23-74(37)60(86)43(27(3)4)66-55(44)81/h19-20,26-29,32-34,36-37,42-45,48-49,75H,17-18,21-25,63H2,1-16H3,(H,65,82)(H,66,81)(H,67,79)(H,68,80)/t32-,33-,34-,36+,37+,42-,43-,44+,45+,48+,49+/m1/s1. The number of aromatic nitrogens is 1. The molecule has 29 nitrogen and oxygen atoms in total. The molecule has 0 unspecified atom stereocenters. The van der Waals surface area contributed by atoms with E-state index in [1.807, 2.05) is 0 Å². The Labute approximate surface area is 527 Å². The topological polar surface area (TPSA) is 380 Å². The van der Waals surface area contributed by atoms with Crippen molar-refractivity contribution in [2.75, 3.05) is 60.1 Å². The Morgan fingerprint density at radius 3 is 1.62 bits per heavy atom. The minimum atomic E-state index is -1.90. The van der Waals surface area contributed by atoms with Crippen molar-refractivity contribution >= 4 is 87.8 Å². The summed E-state index contributed by atoms with van der Waals surface area (Å²) in [5.74, 6) is -13.1. The summed E-state index contributed by atoms with van der Waals surface area (Å²) in [6.07, 6.45) is -3.77. The van der Waals surface area contributed by atoms with Gasteiger partial charge in [0, 0.05) is 53.3 Å². The molecule has 4 saturated heterocycles. The molecule has 1 aromatic carbocycles. The minimum Gasteiger partial charge on any atom is -0.458 e. The maximum absolute atomic E-state index is 15.2. The number of nitrogen functional groups attached to an aromatic ring is 1. The molecule has 1 aromatic rings. The molecule has 1 aliphatic carbocycles. The maximum Gasteiger partial charge on any atom is 0.329 e. The monoisotopic (exact) mass is 1270 g/mol. The molecule has 7 rings (SSSR count). The Balaban J connectivity index is 1.32. The first kappa shape index (κ1) is 69.7. The number of carbonyl (C=O) groups is 12. The van der Waals surface area contributed by atoms with Gasteiger partial charge in [-0.25, -0.2) is 14.6 Å². The molecule has 0 saturated carbocycles. The Bertz CT molecular complexity index is 3460. The number of anilines is 1. The number of benzene rings is 2. The van der Waals surface area contributed by atoms with E-state index < -0.39 is 197 Å². The van der Waals surface area contributed by atoms with Gasteiger partial charge >= 0.3 is 11.9 Å². The van der Waals surface area contributed by atoms with Gasteiger partial charge in [0.15, 0.2) is 11.3 Å². The molecule has 496 valence electrons. The fourth-order valence-electron chi connectivity index (χ4n) is 12.3. The van der Waals surface area contributed by atoms with Gasteiger partial charge in [-0.3, -0.25) is 52.7 Å². The van der Waals surface area contributed by atoms with Crippen LogP contribution >= 0.6 is 0 Å². The van der Waals surface area contributed by atoms with E-state index in [4.69, 9.17) is 24.6 Å². The molecule has 7 N–H and O–H groups in total. The van der Waals surface area contributed by atoms with E-state index in [0.717, 1.165) is 19.6 Å². The second kappa shape index (κ2) is 27.8. The smallest absolute Gasteiger partial charge is 0.329 e. The molecule has 29 heteroatoms. The van der Waals surface area contributed by atoms with Crippen LogP contribution in [-0.2, 0) is 57.4 Å². The molecule has 11 atom stereocenters. The Kier molecular flexibility index (Phi) is 21.3. The summed E-state index contributed by atoms with van der Waals surface area (Å²) in [7, 11) is 5.46. The van der Waals surface area contributed by atoms with Gasteiger partial charge < -0.3 is 75.4 Å². The molecule has 91 heavy (non-hydrogen) atoms. The number of fused-ring (bicyclic) bond motifs is 4. The molecule has 0 bridgehead atoms. The molecule has 0 spiro atoms. The summed E-state index contributed by atoms with van der Waals surface area (Å²) in [6.45, 7) is 17.5. The number of aliphatic hydroxyl groups excluding tert-OH is 1. The Morgan fingerprint density at radius 1 is 0.659 bits per heavy atom. The van der Waals surface area contributed by atoms with Gasteiger partial charge in [-0.2, -0.15) is 0 Å². The van der Waals surface area contributed by atoms with E-state index in [9.17, 15) is 57.8 Å². The van der Waals surface area contributed by atoms with Gasteiger partial charge in [0.25, 0.3) is 11.8 Å². The number of hydrogen-bond acceptors (Lipinski definition) is 19. The maximum atomic E-state index is 15.2. The number of aryl methyl sites for hydroxylation is 1. The van der Waals surface area contributed by atoms with Crippen molar-refractivity contribution in [3.63, 3.8) is 0 Å². The van der Waals surface area contributed by atoms with Crippen molar-refractivity contribution < 1.29 is 76.5 Å². The van der Waals surface area contributed by atoms with Gasteiger partial charge in [0.2, 0.25) is 52.7 Å². The first-order valence-corrected chi connectivity index (χ1v) is 30.6. The highest BCUT2D eigenvalue weighted by molar-refractivity contribution is 6.10. The van der Waals surface area contributed by atoms with Crippen LogP contribution in [0.2, 0.25) is 0 Å². The van der Waals surface area contributed by atoms with Crippen LogP contribution in [0.15, 0.2) is 21.3 Å². The largest absolute Gasteiger partial charge is 0.458 e. The number of carbonyl (C=O) groups excluding carboxylic acids is 12. The fourth-order valence-corrected chi connectivity index (χ4v) is 12.3. The number of ether oxygens (including phenoxy) is 2. The Hall–Kier alpha value is -8.76. The van der Waals surface area contributed by atoms with Crippen molar-refractivity contribution in [1.82, 2.24) is 55.7 Å². The number of amides is 10. The van der Waals surface area contributed by atoms with Gasteiger partial charge in [-0.05, 0) is 75.8 Å². The van der Waals surface area contributed by atoms with E-state index in [2.05, 4.69) is 21.3 Å². The van der Waals surface area contributed by atoms with Crippen molar-refractivity contribution in [3.8, 4) is 11.5 Å². The number of likely N-dealkylation sites (N-methyl/N-ethyl adjacent to an activating group) is 4. The van der Waals surface area contributed by atoms with E-state index >= 15 is 9.59 Å². The van der Waals surface area contributed by atoms with Crippen LogP contribution in [0.4, 0.5) is 5.69 Å². The van der Waals surface area contributed by atoms with Crippen molar-refractivity contribution in [2.24, 2.45) is 23.7 Å². The van der Waals surface area contributed by atoms with Gasteiger partial charge in [-0.15, -0.1) is 0 Å². The molecule has 5 aliphatic heterocycles. The summed E-state index contributed by atoms with van der Waals surface area (Å²) in [4.78, 5) is 199. The second-order valence-electron chi connectivity index (χ2n) is 25.8. The van der Waals surface area contributed by atoms with Crippen LogP contribution in [-0.4, -0.2) is 232 Å². The molecular formula is C62H86N12O17. The summed E-state index contributed by atoms with van der Waals surface area (Å²) in [5.41, 5.74) is 3.39. The number of nitrogens with two attached hydrogens (primary N) is 1. The van der Waals surface area contributed by atoms with E-state index in [-0.39, 0.29) is 53.9 Å². The molecule has 0 aromatic heterocycles. The molecule has 4 fully saturated rings. The molecular weight excluding hydrogens is 1180 g/mol. The first-order valence-electron chi connectivity index (χ1n) is 30.6. The Morgan fingerprint density at radius 2 is 1.13 bits per heavy atom. The fraction of sp³-hybridized carbons (Fsp3) is 0.613. The summed E-state index contributed by atoms with van der Waals surface area (Å²) in [5, 5.41) is 21.4. The summed E-state index contributed by atoms with van der Waals surface area (Å²) >= 11 is 0. The highest BCUT2D eigenvalue weighted by Gasteiger charge is 2.48. The van der Waals surface area contributed by atoms with Crippen molar-refractivity contribution in [1.29, 1.82) is 0 Å². The number of rotatable bonds is 8. The number of aliphatic hydroxyl groups is 1. The van der Waals surface area contributed by atoms with E-state index in [1.54, 1.807) is 62.3 Å². The molecule has 5 heterocycles. The highest BCUT2D eigenvalue weighted by atomic mass is 16.6. The molecule has 6 aliphatic rings. The average Bonchev–Trinajstić information content (AvgIpc) is 1.35. The van der Waals surface area contributed by atoms with Gasteiger partial charge in [0.1, 0.15) is 71.8 Å². The lowest BCUT2D eigenvalue weighted by Crippen LogP contribution is -2.61. The van der Waals surface area contributed by atoms with Crippen LogP contribution in [0.3, 0.4) is 0 Å². The van der Waals surface area contributed by atoms with Gasteiger partial charge in [0.05, 0.1) is 36.0 Å². The van der Waals surface area contributed by atoms with E-state index in [0.29, 0.717) is 12.0 Å². The van der Waals surface area contributed by atoms with Crippen LogP contribution < -0.4 is 32.4 Å². The molecule has 10 amide bonds. The van der Waals surface area contributed by atoms with Crippen LogP contribution in [0.5, 0.6) is 0 Å². The number of nitrogens with one attached hydrogen (secondary N) is 4. The highest BCUT2D eigenvalue weighted by Crippen LogP contribution is 2.35. The number of hydrogen-bond donors (Lipinski definition) is 6. The quantitative estimate of drug-likeness (QED) is 0.0957. The lowest BCUT2D eigenvalue weighted by atomic mass is 9.98. The predicted octanol–water partition coefficient (Wildman–Crippen LogP) is -0.304. The average molecular weight is 1270 g/mol. The van der Waals surface area contributed by atoms with Crippen LogP contribution in [0.25, 0.3) is 22.6 Å². The number of esters is 2. The predicted molar refractivity (Wildman–Crippen MR) is 327 cm³/mol. The van der Waals surface area contributed by atoms with Crippen LogP contribution in [0.1, 0.15) is 120 Å². The third-order valence-corrected chi connectivity index (χ3v) is 17.5. The SMILES string of the molecule is Cc1c2oc3c(C)ccc(C(=O)N[C@@H]4C(=O)N[C@H](C(C)C)C(=O)N5C[C@H](O)C[C@H]5C(=O)N(C)CC(=O)N(C)[C@@H](C(C)C)C(=O)O[C@@H]4C)c3nc-2c(C(=O)N[C@@H]2C(=O)N[C@H](C(C)C)C(=O)N3CCC[C@H]3C(=O)N(C)CC(=O)N(C)[C@@H](C(C)C)C(=O)O[C@@H]2C)c(N)c1=O. The molecule has 0 radical (unpaired) electrons. The minimum absolute atomic E-state index is 0.0974. The second-order valence-corrected chi connectivity index (χ2v) is 25.8. The third kappa shape index (κ3) is 14.1. The lowest BCUT2D eigenvalue weighted by Gasteiger charge is -2.36. The zero-order valence-electron chi connectivity index (χ0n) is 54.5. The summed E-state index contributed by atoms with van der Waals surface area (Å²) < 4.78 is 18.3. The summed E-state index contributed by atoms with van der Waals surface area (Å²) in [6, 6.07) is -8.48. The van der Waals surface area contributed by atoms with Crippen molar-refractivity contribution in [2.45, 2.75) is 169 Å². The van der Waals surface area contributed by atoms with Crippen LogP contribution in [0, 0.1) is 37.5 Å². The lowest BCUT2D eigenvalue weighted by molar-refractivity contribution is -0.163. The zero-order chi connectivity index (χ0) is 67.8. The van der Waals surface area contributed by atoms with E-state index in [1.165, 1.54) is 70.9 Å².